The minimum Gasteiger partial charge on any atom is -0.350 e. The van der Waals surface area contributed by atoms with Crippen molar-refractivity contribution in [3.63, 3.8) is 0 Å². The lowest BCUT2D eigenvalue weighted by Crippen LogP contribution is -2.27. The fourth-order valence-corrected chi connectivity index (χ4v) is 3.39. The van der Waals surface area contributed by atoms with Crippen molar-refractivity contribution >= 4 is 27.5 Å². The van der Waals surface area contributed by atoms with Crippen molar-refractivity contribution in [3.05, 3.63) is 58.9 Å². The van der Waals surface area contributed by atoms with Gasteiger partial charge in [-0.15, -0.1) is 11.3 Å². The van der Waals surface area contributed by atoms with E-state index < -0.39 is 0 Å². The number of halogens is 1. The highest BCUT2D eigenvalue weighted by Crippen LogP contribution is 2.25. The molecule has 0 aliphatic rings. The second kappa shape index (κ2) is 6.32. The van der Waals surface area contributed by atoms with Crippen LogP contribution < -0.4 is 5.32 Å². The van der Waals surface area contributed by atoms with Crippen LogP contribution in [0.15, 0.2) is 41.8 Å². The molecule has 0 bridgehead atoms. The monoisotopic (exact) mass is 316 g/mol. The fraction of sp³-hybridized carbons (Fsp3) is 0.235. The molecule has 22 heavy (non-hydrogen) atoms. The summed E-state index contributed by atoms with van der Waals surface area (Å²) < 4.78 is 16.0. The first-order valence-electron chi connectivity index (χ1n) is 7.28. The largest absolute Gasteiger partial charge is 0.350 e. The highest BCUT2D eigenvalue weighted by atomic mass is 32.1. The van der Waals surface area contributed by atoms with Crippen molar-refractivity contribution in [2.75, 3.05) is 6.54 Å². The number of rotatable bonds is 5. The second-order valence-corrected chi connectivity index (χ2v) is 6.02. The molecule has 0 radical (unpaired) electrons. The van der Waals surface area contributed by atoms with Gasteiger partial charge in [0.25, 0.3) is 5.91 Å². The molecule has 0 spiro atoms. The molecule has 1 amide bonds. The normalized spacial score (nSPS) is 11.0. The van der Waals surface area contributed by atoms with Gasteiger partial charge in [-0.1, -0.05) is 12.1 Å². The summed E-state index contributed by atoms with van der Waals surface area (Å²) in [5.41, 5.74) is 2.81. The Morgan fingerprint density at radius 3 is 2.77 bits per heavy atom. The summed E-state index contributed by atoms with van der Waals surface area (Å²) in [6.07, 6.45) is 0.688. The van der Waals surface area contributed by atoms with Gasteiger partial charge in [0, 0.05) is 13.1 Å². The summed E-state index contributed by atoms with van der Waals surface area (Å²) in [6.45, 7) is 3.33. The number of benzene rings is 1. The lowest BCUT2D eigenvalue weighted by molar-refractivity contribution is 0.0945. The van der Waals surface area contributed by atoms with Gasteiger partial charge < -0.3 is 9.88 Å². The molecule has 1 aromatic carbocycles. The number of nitrogens with zero attached hydrogens (tertiary/aromatic N) is 1. The van der Waals surface area contributed by atoms with E-state index in [0.717, 1.165) is 22.3 Å². The molecule has 0 aliphatic carbocycles. The number of fused-ring (bicyclic) bond motifs is 1. The topological polar surface area (TPSA) is 34.0 Å². The maximum absolute atomic E-state index is 12.8. The zero-order valence-electron chi connectivity index (χ0n) is 12.3. The van der Waals surface area contributed by atoms with Crippen LogP contribution in [0.5, 0.6) is 0 Å². The first kappa shape index (κ1) is 14.8. The summed E-state index contributed by atoms with van der Waals surface area (Å²) in [4.78, 5) is 12.3. The van der Waals surface area contributed by atoms with E-state index in [1.165, 1.54) is 12.1 Å². The molecule has 3 aromatic rings. The lowest BCUT2D eigenvalue weighted by Gasteiger charge is -2.08. The number of aryl methyl sites for hydroxylation is 1. The number of amides is 1. The Bertz CT molecular complexity index is 789. The van der Waals surface area contributed by atoms with Gasteiger partial charge in [0.15, 0.2) is 0 Å². The van der Waals surface area contributed by atoms with Gasteiger partial charge >= 0.3 is 0 Å². The Labute approximate surface area is 132 Å². The van der Waals surface area contributed by atoms with Crippen LogP contribution in [0.1, 0.15) is 23.0 Å². The predicted octanol–water partition coefficient (Wildman–Crippen LogP) is 3.83. The van der Waals surface area contributed by atoms with Gasteiger partial charge in [0.05, 0.1) is 10.2 Å². The van der Waals surface area contributed by atoms with E-state index in [1.807, 2.05) is 29.0 Å². The third-order valence-corrected chi connectivity index (χ3v) is 4.54. The van der Waals surface area contributed by atoms with Crippen LogP contribution >= 0.6 is 11.3 Å². The number of hydrogen-bond acceptors (Lipinski definition) is 2. The molecule has 0 saturated carbocycles. The number of thiophene rings is 1. The first-order chi connectivity index (χ1) is 10.7. The quantitative estimate of drug-likeness (QED) is 0.762. The second-order valence-electron chi connectivity index (χ2n) is 5.08. The molecular formula is C17H17FN2OS. The van der Waals surface area contributed by atoms with Crippen LogP contribution in [0.3, 0.4) is 0 Å². The standard InChI is InChI=1S/C17H17FN2OS/c1-2-20-14-8-10-22-16(14)11-15(20)17(21)19-9-7-12-3-5-13(18)6-4-12/h3-6,8,10-11H,2,7,9H2,1H3,(H,19,21). The number of hydrogen-bond donors (Lipinski definition) is 1. The van der Waals surface area contributed by atoms with E-state index in [9.17, 15) is 9.18 Å². The highest BCUT2D eigenvalue weighted by molar-refractivity contribution is 7.17. The zero-order valence-corrected chi connectivity index (χ0v) is 13.1. The zero-order chi connectivity index (χ0) is 15.5. The van der Waals surface area contributed by atoms with Crippen LogP contribution in [0.2, 0.25) is 0 Å². The summed E-state index contributed by atoms with van der Waals surface area (Å²) in [5.74, 6) is -0.305. The van der Waals surface area contributed by atoms with Crippen molar-refractivity contribution in [2.24, 2.45) is 0 Å². The maximum Gasteiger partial charge on any atom is 0.267 e. The predicted molar refractivity (Wildman–Crippen MR) is 87.9 cm³/mol. The Morgan fingerprint density at radius 1 is 1.27 bits per heavy atom. The molecule has 1 N–H and O–H groups in total. The molecule has 0 atom stereocenters. The van der Waals surface area contributed by atoms with Gasteiger partial charge in [-0.05, 0) is 48.6 Å². The number of nitrogens with one attached hydrogen (secondary N) is 1. The highest BCUT2D eigenvalue weighted by Gasteiger charge is 2.14. The minimum atomic E-state index is -0.242. The summed E-state index contributed by atoms with van der Waals surface area (Å²) in [5, 5.41) is 4.97. The summed E-state index contributed by atoms with van der Waals surface area (Å²) >= 11 is 1.64. The van der Waals surface area contributed by atoms with Gasteiger partial charge in [-0.3, -0.25) is 4.79 Å². The third kappa shape index (κ3) is 2.90. The molecule has 0 fully saturated rings. The van der Waals surface area contributed by atoms with Crippen molar-refractivity contribution in [1.82, 2.24) is 9.88 Å². The lowest BCUT2D eigenvalue weighted by atomic mass is 10.1. The van der Waals surface area contributed by atoms with Crippen LogP contribution in [0.4, 0.5) is 4.39 Å². The van der Waals surface area contributed by atoms with Gasteiger partial charge in [-0.2, -0.15) is 0 Å². The first-order valence-corrected chi connectivity index (χ1v) is 8.16. The van der Waals surface area contributed by atoms with E-state index >= 15 is 0 Å². The molecule has 114 valence electrons. The smallest absolute Gasteiger partial charge is 0.267 e. The third-order valence-electron chi connectivity index (χ3n) is 3.68. The molecule has 5 heteroatoms. The average Bonchev–Trinajstić information content (AvgIpc) is 3.09. The number of carbonyl (C=O) groups is 1. The summed E-state index contributed by atoms with van der Waals surface area (Å²) in [6, 6.07) is 10.3. The Morgan fingerprint density at radius 2 is 2.05 bits per heavy atom. The minimum absolute atomic E-state index is 0.0626. The maximum atomic E-state index is 12.8. The van der Waals surface area contributed by atoms with Crippen LogP contribution in [-0.4, -0.2) is 17.0 Å². The van der Waals surface area contributed by atoms with Crippen molar-refractivity contribution in [2.45, 2.75) is 19.9 Å². The number of aromatic nitrogens is 1. The van der Waals surface area contributed by atoms with Gasteiger partial charge in [0.1, 0.15) is 11.5 Å². The fourth-order valence-electron chi connectivity index (χ4n) is 2.57. The molecule has 3 rings (SSSR count). The number of carbonyl (C=O) groups excluding carboxylic acids is 1. The Kier molecular flexibility index (Phi) is 4.24. The van der Waals surface area contributed by atoms with Gasteiger partial charge in [-0.25, -0.2) is 4.39 Å². The summed E-state index contributed by atoms with van der Waals surface area (Å²) in [7, 11) is 0. The van der Waals surface area contributed by atoms with Crippen LogP contribution in [0.25, 0.3) is 10.2 Å². The molecule has 2 aromatic heterocycles. The van der Waals surface area contributed by atoms with E-state index in [1.54, 1.807) is 23.5 Å². The SMILES string of the molecule is CCn1c(C(=O)NCCc2ccc(F)cc2)cc2sccc21. The molecule has 0 aliphatic heterocycles. The molecule has 2 heterocycles. The van der Waals surface area contributed by atoms with Crippen LogP contribution in [-0.2, 0) is 13.0 Å². The van der Waals surface area contributed by atoms with E-state index in [4.69, 9.17) is 0 Å². The Hall–Kier alpha value is -2.14. The molecule has 0 unspecified atom stereocenters. The van der Waals surface area contributed by atoms with E-state index in [0.29, 0.717) is 18.7 Å². The molecule has 0 saturated heterocycles. The Balaban J connectivity index is 1.65. The van der Waals surface area contributed by atoms with Crippen LogP contribution in [0, 0.1) is 5.82 Å². The average molecular weight is 316 g/mol. The van der Waals surface area contributed by atoms with E-state index in [-0.39, 0.29) is 11.7 Å². The molecular weight excluding hydrogens is 299 g/mol. The van der Waals surface area contributed by atoms with Crippen molar-refractivity contribution in [1.29, 1.82) is 0 Å². The van der Waals surface area contributed by atoms with Gasteiger partial charge in [0.2, 0.25) is 0 Å². The van der Waals surface area contributed by atoms with E-state index in [2.05, 4.69) is 5.32 Å². The molecule has 3 nitrogen and oxygen atoms in total. The van der Waals surface area contributed by atoms with Crippen molar-refractivity contribution < 1.29 is 9.18 Å². The van der Waals surface area contributed by atoms with Crippen molar-refractivity contribution in [3.8, 4) is 0 Å².